The molecule has 4 nitrogen and oxygen atoms in total. The van der Waals surface area contributed by atoms with Crippen molar-refractivity contribution in [1.29, 1.82) is 0 Å². The molecule has 0 aliphatic carbocycles. The Bertz CT molecular complexity index is 914. The summed E-state index contributed by atoms with van der Waals surface area (Å²) >= 11 is 6.66. The standard InChI is InChI=1S/C18H16N2O2S2/c21-15-8-4-7-14(11-15)19-12-16-17(22)20(18(23)24-16)10-9-13-5-2-1-3-6-13/h1-8,11-12,21-22H,9-10H2. The Morgan fingerprint density at radius 3 is 2.62 bits per heavy atom. The molecule has 3 aromatic rings. The Morgan fingerprint density at radius 1 is 1.08 bits per heavy atom. The fourth-order valence-electron chi connectivity index (χ4n) is 2.29. The Balaban J connectivity index is 1.78. The van der Waals surface area contributed by atoms with Crippen molar-refractivity contribution >= 4 is 35.5 Å². The van der Waals surface area contributed by atoms with Crippen LogP contribution in [0.15, 0.2) is 59.6 Å². The second kappa shape index (κ2) is 7.42. The van der Waals surface area contributed by atoms with Gasteiger partial charge in [-0.1, -0.05) is 47.7 Å². The number of thiazole rings is 1. The van der Waals surface area contributed by atoms with E-state index in [9.17, 15) is 10.2 Å². The second-order valence-corrected chi connectivity index (χ2v) is 6.90. The van der Waals surface area contributed by atoms with Crippen LogP contribution in [-0.2, 0) is 13.0 Å². The molecule has 1 heterocycles. The number of benzene rings is 2. The molecule has 0 radical (unpaired) electrons. The summed E-state index contributed by atoms with van der Waals surface area (Å²) < 4.78 is 2.33. The van der Waals surface area contributed by atoms with E-state index in [-0.39, 0.29) is 11.6 Å². The van der Waals surface area contributed by atoms with E-state index >= 15 is 0 Å². The first kappa shape index (κ1) is 16.4. The van der Waals surface area contributed by atoms with Gasteiger partial charge in [-0.2, -0.15) is 0 Å². The molecule has 3 rings (SSSR count). The summed E-state index contributed by atoms with van der Waals surface area (Å²) in [5, 5.41) is 19.8. The van der Waals surface area contributed by atoms with Crippen LogP contribution in [0, 0.1) is 3.95 Å². The fourth-order valence-corrected chi connectivity index (χ4v) is 3.52. The van der Waals surface area contributed by atoms with Gasteiger partial charge in [0.15, 0.2) is 3.95 Å². The van der Waals surface area contributed by atoms with E-state index < -0.39 is 0 Å². The zero-order valence-electron chi connectivity index (χ0n) is 12.8. The highest BCUT2D eigenvalue weighted by Gasteiger charge is 2.10. The van der Waals surface area contributed by atoms with Crippen LogP contribution in [0.2, 0.25) is 0 Å². The first-order valence-electron chi connectivity index (χ1n) is 7.43. The van der Waals surface area contributed by atoms with Crippen molar-refractivity contribution in [2.24, 2.45) is 4.99 Å². The number of aromatic hydroxyl groups is 2. The molecule has 0 atom stereocenters. The van der Waals surface area contributed by atoms with Gasteiger partial charge in [0.25, 0.3) is 0 Å². The van der Waals surface area contributed by atoms with Crippen LogP contribution >= 0.6 is 23.6 Å². The monoisotopic (exact) mass is 356 g/mol. The summed E-state index contributed by atoms with van der Waals surface area (Å²) in [6, 6.07) is 16.7. The van der Waals surface area contributed by atoms with Gasteiger partial charge < -0.3 is 10.2 Å². The van der Waals surface area contributed by atoms with E-state index in [4.69, 9.17) is 12.2 Å². The molecule has 0 saturated heterocycles. The number of nitrogens with zero attached hydrogens (tertiary/aromatic N) is 2. The van der Waals surface area contributed by atoms with Crippen molar-refractivity contribution < 1.29 is 10.2 Å². The van der Waals surface area contributed by atoms with Crippen LogP contribution in [-0.4, -0.2) is 21.0 Å². The number of hydrogen-bond acceptors (Lipinski definition) is 5. The minimum atomic E-state index is 0.129. The number of phenols is 1. The summed E-state index contributed by atoms with van der Waals surface area (Å²) in [5.74, 6) is 0.284. The largest absolute Gasteiger partial charge is 0.508 e. The van der Waals surface area contributed by atoms with Crippen molar-refractivity contribution in [2.75, 3.05) is 0 Å². The molecule has 0 fully saturated rings. The lowest BCUT2D eigenvalue weighted by molar-refractivity contribution is 0.415. The number of phenolic OH excluding ortho intramolecular Hbond substituents is 1. The molecule has 0 aliphatic rings. The first-order chi connectivity index (χ1) is 11.6. The second-order valence-electron chi connectivity index (χ2n) is 5.22. The lowest BCUT2D eigenvalue weighted by Gasteiger charge is -2.04. The van der Waals surface area contributed by atoms with Crippen molar-refractivity contribution in [2.45, 2.75) is 13.0 Å². The minimum Gasteiger partial charge on any atom is -0.508 e. The van der Waals surface area contributed by atoms with E-state index in [2.05, 4.69) is 17.1 Å². The predicted octanol–water partition coefficient (Wildman–Crippen LogP) is 4.68. The van der Waals surface area contributed by atoms with Gasteiger partial charge in [-0.3, -0.25) is 9.56 Å². The van der Waals surface area contributed by atoms with E-state index in [0.717, 1.165) is 6.42 Å². The van der Waals surface area contributed by atoms with Crippen LogP contribution in [0.5, 0.6) is 11.6 Å². The van der Waals surface area contributed by atoms with Gasteiger partial charge in [-0.25, -0.2) is 0 Å². The van der Waals surface area contributed by atoms with Gasteiger partial charge in [0, 0.05) is 12.6 Å². The van der Waals surface area contributed by atoms with Crippen LogP contribution in [0.4, 0.5) is 5.69 Å². The maximum atomic E-state index is 10.4. The quantitative estimate of drug-likeness (QED) is 0.515. The molecule has 122 valence electrons. The molecule has 24 heavy (non-hydrogen) atoms. The SMILES string of the molecule is Oc1cccc(N=Cc2sc(=S)n(CCc3ccccc3)c2O)c1. The highest BCUT2D eigenvalue weighted by atomic mass is 32.1. The first-order valence-corrected chi connectivity index (χ1v) is 8.65. The van der Waals surface area contributed by atoms with Gasteiger partial charge in [0.2, 0.25) is 5.88 Å². The average molecular weight is 356 g/mol. The highest BCUT2D eigenvalue weighted by Crippen LogP contribution is 2.26. The van der Waals surface area contributed by atoms with Crippen molar-refractivity contribution in [3.63, 3.8) is 0 Å². The fraction of sp³-hybridized carbons (Fsp3) is 0.111. The maximum Gasteiger partial charge on any atom is 0.212 e. The zero-order chi connectivity index (χ0) is 16.9. The van der Waals surface area contributed by atoms with Gasteiger partial charge >= 0.3 is 0 Å². The molecule has 0 spiro atoms. The smallest absolute Gasteiger partial charge is 0.212 e. The maximum absolute atomic E-state index is 10.4. The number of aliphatic imine (C=N–C) groups is 1. The Morgan fingerprint density at radius 2 is 1.88 bits per heavy atom. The van der Waals surface area contributed by atoms with Crippen molar-refractivity contribution in [3.05, 3.63) is 69.0 Å². The Kier molecular flexibility index (Phi) is 5.08. The molecule has 0 aliphatic heterocycles. The topological polar surface area (TPSA) is 57.8 Å². The van der Waals surface area contributed by atoms with E-state index in [1.54, 1.807) is 35.0 Å². The summed E-state index contributed by atoms with van der Waals surface area (Å²) in [7, 11) is 0. The minimum absolute atomic E-state index is 0.129. The van der Waals surface area contributed by atoms with E-state index in [1.807, 2.05) is 18.2 Å². The summed E-state index contributed by atoms with van der Waals surface area (Å²) in [5.41, 5.74) is 1.81. The lowest BCUT2D eigenvalue weighted by Crippen LogP contribution is -2.00. The molecule has 2 aromatic carbocycles. The molecule has 2 N–H and O–H groups in total. The van der Waals surface area contributed by atoms with Crippen LogP contribution in [0.3, 0.4) is 0 Å². The molecule has 6 heteroatoms. The number of aryl methyl sites for hydroxylation is 1. The van der Waals surface area contributed by atoms with Gasteiger partial charge in [-0.05, 0) is 36.3 Å². The van der Waals surface area contributed by atoms with Crippen molar-refractivity contribution in [3.8, 4) is 11.6 Å². The normalized spacial score (nSPS) is 11.2. The zero-order valence-corrected chi connectivity index (χ0v) is 14.4. The third-order valence-electron chi connectivity index (χ3n) is 3.52. The third kappa shape index (κ3) is 3.90. The van der Waals surface area contributed by atoms with Gasteiger partial charge in [0.05, 0.1) is 11.9 Å². The molecular formula is C18H16N2O2S2. The molecule has 1 aromatic heterocycles. The third-order valence-corrected chi connectivity index (χ3v) is 4.89. The van der Waals surface area contributed by atoms with Crippen molar-refractivity contribution in [1.82, 2.24) is 4.57 Å². The Hall–Kier alpha value is -2.44. The molecule has 0 bridgehead atoms. The van der Waals surface area contributed by atoms with Crippen LogP contribution in [0.1, 0.15) is 10.4 Å². The molecule has 0 saturated carbocycles. The van der Waals surface area contributed by atoms with Crippen LogP contribution < -0.4 is 0 Å². The highest BCUT2D eigenvalue weighted by molar-refractivity contribution is 7.73. The number of aromatic nitrogens is 1. The molecular weight excluding hydrogens is 340 g/mol. The van der Waals surface area contributed by atoms with E-state index in [1.165, 1.54) is 16.9 Å². The summed E-state index contributed by atoms with van der Waals surface area (Å²) in [4.78, 5) is 4.88. The van der Waals surface area contributed by atoms with Crippen LogP contribution in [0.25, 0.3) is 0 Å². The molecule has 0 unspecified atom stereocenters. The summed E-state index contributed by atoms with van der Waals surface area (Å²) in [6.45, 7) is 0.616. The summed E-state index contributed by atoms with van der Waals surface area (Å²) in [6.07, 6.45) is 2.37. The predicted molar refractivity (Wildman–Crippen MR) is 100 cm³/mol. The Labute approximate surface area is 149 Å². The van der Waals surface area contributed by atoms with E-state index in [0.29, 0.717) is 21.1 Å². The van der Waals surface area contributed by atoms with Gasteiger partial charge in [-0.15, -0.1) is 0 Å². The number of rotatable bonds is 5. The van der Waals surface area contributed by atoms with Gasteiger partial charge in [0.1, 0.15) is 10.6 Å². The number of hydrogen-bond donors (Lipinski definition) is 2. The molecule has 0 amide bonds. The lowest BCUT2D eigenvalue weighted by atomic mass is 10.1. The average Bonchev–Trinajstić information content (AvgIpc) is 2.86.